The van der Waals surface area contributed by atoms with Crippen LogP contribution in [0, 0.1) is 0 Å². The third kappa shape index (κ3) is 6.21. The molecule has 0 bridgehead atoms. The van der Waals surface area contributed by atoms with Gasteiger partial charge in [0, 0.05) is 13.1 Å². The highest BCUT2D eigenvalue weighted by Crippen LogP contribution is 2.04. The van der Waals surface area contributed by atoms with E-state index in [4.69, 9.17) is 20.9 Å². The smallest absolute Gasteiger partial charge is 0.0931 e. The molecule has 6 N–H and O–H groups in total. The van der Waals surface area contributed by atoms with Gasteiger partial charge in [-0.3, -0.25) is 0 Å². The average Bonchev–Trinajstić information content (AvgIpc) is 2.86. The molecule has 2 rings (SSSR count). The van der Waals surface area contributed by atoms with E-state index in [2.05, 4.69) is 0 Å². The highest BCUT2D eigenvalue weighted by atomic mass is 16.6. The van der Waals surface area contributed by atoms with Gasteiger partial charge in [-0.2, -0.15) is 0 Å². The summed E-state index contributed by atoms with van der Waals surface area (Å²) in [5, 5.41) is 0. The number of nitrogens with two attached hydrogens (primary N) is 2. The van der Waals surface area contributed by atoms with E-state index in [0.717, 1.165) is 13.2 Å². The second-order valence-corrected chi connectivity index (χ2v) is 2.38. The first-order valence-electron chi connectivity index (χ1n) is 3.50. The average molecular weight is 164 g/mol. The van der Waals surface area contributed by atoms with Crippen molar-refractivity contribution in [3.8, 4) is 0 Å². The zero-order valence-electron chi connectivity index (χ0n) is 6.45. The van der Waals surface area contributed by atoms with Crippen LogP contribution < -0.4 is 11.5 Å². The molecule has 68 valence electrons. The molecule has 2 saturated heterocycles. The predicted octanol–water partition coefficient (Wildman–Crippen LogP) is -2.14. The Bertz CT molecular complexity index is 81.8. The van der Waals surface area contributed by atoms with Crippen molar-refractivity contribution in [3.05, 3.63) is 0 Å². The molecule has 2 atom stereocenters. The highest BCUT2D eigenvalue weighted by molar-refractivity contribution is 4.68. The van der Waals surface area contributed by atoms with E-state index in [1.54, 1.807) is 0 Å². The normalized spacial score (nSPS) is 31.1. The number of hydrogen-bond acceptors (Lipinski definition) is 4. The molecule has 0 saturated carbocycles. The summed E-state index contributed by atoms with van der Waals surface area (Å²) in [4.78, 5) is 0. The molecule has 0 aromatic rings. The maximum absolute atomic E-state index is 5.11. The lowest BCUT2D eigenvalue weighted by molar-refractivity contribution is 0.412. The van der Waals surface area contributed by atoms with E-state index in [1.165, 1.54) is 0 Å². The van der Waals surface area contributed by atoms with E-state index < -0.39 is 0 Å². The van der Waals surface area contributed by atoms with Crippen molar-refractivity contribution in [2.45, 2.75) is 12.2 Å². The van der Waals surface area contributed by atoms with Crippen molar-refractivity contribution in [1.29, 1.82) is 0 Å². The quantitative estimate of drug-likeness (QED) is 0.454. The van der Waals surface area contributed by atoms with Crippen LogP contribution in [0.25, 0.3) is 0 Å². The first-order chi connectivity index (χ1) is 4.86. The zero-order valence-corrected chi connectivity index (χ0v) is 6.45. The molecule has 2 fully saturated rings. The Kier molecular flexibility index (Phi) is 5.35. The third-order valence-corrected chi connectivity index (χ3v) is 1.33. The Labute approximate surface area is 65.9 Å². The van der Waals surface area contributed by atoms with Gasteiger partial charge in [-0.1, -0.05) is 0 Å². The van der Waals surface area contributed by atoms with Crippen molar-refractivity contribution in [2.24, 2.45) is 11.5 Å². The van der Waals surface area contributed by atoms with Crippen molar-refractivity contribution in [2.75, 3.05) is 26.3 Å². The summed E-state index contributed by atoms with van der Waals surface area (Å²) >= 11 is 0. The topological polar surface area (TPSA) is 109 Å². The summed E-state index contributed by atoms with van der Waals surface area (Å²) in [5.41, 5.74) is 10.2. The Hall–Kier alpha value is -0.200. The van der Waals surface area contributed by atoms with Crippen LogP contribution in [0.15, 0.2) is 0 Å². The predicted molar refractivity (Wildman–Crippen MR) is 41.2 cm³/mol. The van der Waals surface area contributed by atoms with Crippen LogP contribution in [0.3, 0.4) is 0 Å². The Morgan fingerprint density at radius 3 is 1.27 bits per heavy atom. The molecule has 0 aliphatic carbocycles. The van der Waals surface area contributed by atoms with Crippen molar-refractivity contribution >= 4 is 0 Å². The standard InChI is InChI=1S/2C3H7NO.H2O/c2*4-1-3-2-5-3;/h2*3H,1-2,4H2;1H2. The number of epoxide rings is 2. The molecule has 0 radical (unpaired) electrons. The fraction of sp³-hybridized carbons (Fsp3) is 1.00. The molecular formula is C6H16N2O3. The van der Waals surface area contributed by atoms with Gasteiger partial charge in [0.1, 0.15) is 0 Å². The van der Waals surface area contributed by atoms with Gasteiger partial charge in [-0.25, -0.2) is 0 Å². The molecule has 0 amide bonds. The Morgan fingerprint density at radius 1 is 1.00 bits per heavy atom. The summed E-state index contributed by atoms with van der Waals surface area (Å²) in [7, 11) is 0. The van der Waals surface area contributed by atoms with Crippen molar-refractivity contribution in [1.82, 2.24) is 0 Å². The minimum atomic E-state index is 0. The van der Waals surface area contributed by atoms with E-state index in [0.29, 0.717) is 25.3 Å². The van der Waals surface area contributed by atoms with Crippen molar-refractivity contribution in [3.63, 3.8) is 0 Å². The molecule has 5 nitrogen and oxygen atoms in total. The maximum atomic E-state index is 5.11. The Balaban J connectivity index is 0.000000167. The highest BCUT2D eigenvalue weighted by Gasteiger charge is 2.19. The molecule has 0 aromatic carbocycles. The lowest BCUT2D eigenvalue weighted by atomic mass is 10.5. The van der Waals surface area contributed by atoms with E-state index in [1.807, 2.05) is 0 Å². The van der Waals surface area contributed by atoms with E-state index in [9.17, 15) is 0 Å². The van der Waals surface area contributed by atoms with Crippen LogP contribution in [-0.2, 0) is 9.47 Å². The first-order valence-corrected chi connectivity index (χ1v) is 3.50. The fourth-order valence-corrected chi connectivity index (χ4v) is 0.408. The SMILES string of the molecule is NCC1CO1.NCC1CO1.O. The third-order valence-electron chi connectivity index (χ3n) is 1.33. The van der Waals surface area contributed by atoms with Gasteiger partial charge < -0.3 is 26.4 Å². The van der Waals surface area contributed by atoms with Gasteiger partial charge in [0.25, 0.3) is 0 Å². The number of rotatable bonds is 2. The minimum Gasteiger partial charge on any atom is -0.412 e. The molecule has 2 heterocycles. The van der Waals surface area contributed by atoms with Gasteiger partial charge >= 0.3 is 0 Å². The molecule has 2 aliphatic rings. The van der Waals surface area contributed by atoms with E-state index >= 15 is 0 Å². The molecular weight excluding hydrogens is 148 g/mol. The van der Waals surface area contributed by atoms with Gasteiger partial charge in [0.15, 0.2) is 0 Å². The lowest BCUT2D eigenvalue weighted by Gasteiger charge is -1.71. The summed E-state index contributed by atoms with van der Waals surface area (Å²) < 4.78 is 9.47. The van der Waals surface area contributed by atoms with Gasteiger partial charge in [-0.05, 0) is 0 Å². The summed E-state index contributed by atoms with van der Waals surface area (Å²) in [6.45, 7) is 3.16. The van der Waals surface area contributed by atoms with Crippen LogP contribution in [0.2, 0.25) is 0 Å². The van der Waals surface area contributed by atoms with Crippen molar-refractivity contribution < 1.29 is 14.9 Å². The summed E-state index contributed by atoms with van der Waals surface area (Å²) in [6.07, 6.45) is 0.824. The van der Waals surface area contributed by atoms with Gasteiger partial charge in [0.05, 0.1) is 25.4 Å². The fourth-order valence-electron chi connectivity index (χ4n) is 0.408. The van der Waals surface area contributed by atoms with Crippen LogP contribution in [0.4, 0.5) is 0 Å². The van der Waals surface area contributed by atoms with Crippen LogP contribution in [0.1, 0.15) is 0 Å². The molecule has 0 aromatic heterocycles. The second kappa shape index (κ2) is 5.45. The molecule has 2 unspecified atom stereocenters. The molecule has 5 heteroatoms. The van der Waals surface area contributed by atoms with E-state index in [-0.39, 0.29) is 5.48 Å². The monoisotopic (exact) mass is 164 g/mol. The largest absolute Gasteiger partial charge is 0.412 e. The maximum Gasteiger partial charge on any atom is 0.0931 e. The zero-order chi connectivity index (χ0) is 7.40. The van der Waals surface area contributed by atoms with Crippen LogP contribution in [0.5, 0.6) is 0 Å². The molecule has 11 heavy (non-hydrogen) atoms. The van der Waals surface area contributed by atoms with Gasteiger partial charge in [0.2, 0.25) is 0 Å². The minimum absolute atomic E-state index is 0. The summed E-state index contributed by atoms with van der Waals surface area (Å²) in [6, 6.07) is 0. The van der Waals surface area contributed by atoms with Crippen LogP contribution in [-0.4, -0.2) is 44.0 Å². The number of ether oxygens (including phenoxy) is 2. The lowest BCUT2D eigenvalue weighted by Crippen LogP contribution is -2.05. The molecule has 2 aliphatic heterocycles. The number of hydrogen-bond donors (Lipinski definition) is 2. The van der Waals surface area contributed by atoms with Gasteiger partial charge in [-0.15, -0.1) is 0 Å². The van der Waals surface area contributed by atoms with Crippen LogP contribution >= 0.6 is 0 Å². The molecule has 0 spiro atoms. The summed E-state index contributed by atoms with van der Waals surface area (Å²) in [5.74, 6) is 0. The second-order valence-electron chi connectivity index (χ2n) is 2.38. The first kappa shape index (κ1) is 10.8. The Morgan fingerprint density at radius 2 is 1.27 bits per heavy atom.